The number of benzene rings is 4. The first-order valence-electron chi connectivity index (χ1n) is 14.6. The van der Waals surface area contributed by atoms with Crippen LogP contribution < -0.4 is 14.4 Å². The fourth-order valence-corrected chi connectivity index (χ4v) is 6.64. The minimum absolute atomic E-state index is 0.0107. The lowest BCUT2D eigenvalue weighted by Crippen LogP contribution is -2.54. The van der Waals surface area contributed by atoms with Gasteiger partial charge in [-0.05, 0) is 62.2 Å². The first-order valence-corrected chi connectivity index (χ1v) is 16.4. The second-order valence-corrected chi connectivity index (χ2v) is 13.3. The monoisotopic (exact) mass is 647 g/mol. The molecule has 10 heteroatoms. The van der Waals surface area contributed by atoms with E-state index < -0.39 is 28.5 Å². The summed E-state index contributed by atoms with van der Waals surface area (Å²) in [6, 6.07) is 28.4. The van der Waals surface area contributed by atoms with Crippen molar-refractivity contribution in [1.82, 2.24) is 10.2 Å². The molecule has 2 amide bonds. The zero-order chi connectivity index (χ0) is 32.6. The van der Waals surface area contributed by atoms with E-state index in [0.29, 0.717) is 0 Å². The van der Waals surface area contributed by atoms with Crippen molar-refractivity contribution in [3.05, 3.63) is 125 Å². The van der Waals surface area contributed by atoms with Crippen molar-refractivity contribution in [3.63, 3.8) is 0 Å². The van der Waals surface area contributed by atoms with Gasteiger partial charge >= 0.3 is 0 Å². The average Bonchev–Trinajstić information content (AvgIpc) is 3.02. The highest BCUT2D eigenvalue weighted by atomic mass is 35.5. The number of anilines is 1. The van der Waals surface area contributed by atoms with Crippen molar-refractivity contribution < 1.29 is 22.7 Å². The SMILES string of the molecule is COc1ccc(Cl)cc1N(CC(=O)N(Cc1cccc(C)c1)[C@@H](Cc1ccccc1)C(=O)NC(C)C)S(=O)(=O)c1ccccc1. The number of carbonyl (C=O) groups excluding carboxylic acids is 2. The van der Waals surface area contributed by atoms with Crippen LogP contribution in [0.3, 0.4) is 0 Å². The van der Waals surface area contributed by atoms with E-state index in [1.165, 1.54) is 30.2 Å². The summed E-state index contributed by atoms with van der Waals surface area (Å²) >= 11 is 6.34. The van der Waals surface area contributed by atoms with E-state index in [1.54, 1.807) is 30.3 Å². The number of hydrogen-bond donors (Lipinski definition) is 1. The van der Waals surface area contributed by atoms with Crippen LogP contribution in [0.2, 0.25) is 5.02 Å². The molecule has 1 atom stereocenters. The zero-order valence-electron chi connectivity index (χ0n) is 25.8. The molecule has 0 saturated carbocycles. The maximum atomic E-state index is 14.6. The van der Waals surface area contributed by atoms with Crippen LogP contribution in [0.4, 0.5) is 5.69 Å². The van der Waals surface area contributed by atoms with Crippen molar-refractivity contribution in [2.45, 2.75) is 50.7 Å². The van der Waals surface area contributed by atoms with Crippen LogP contribution >= 0.6 is 11.6 Å². The Morgan fingerprint density at radius 2 is 1.51 bits per heavy atom. The van der Waals surface area contributed by atoms with Gasteiger partial charge in [-0.25, -0.2) is 8.42 Å². The highest BCUT2D eigenvalue weighted by Crippen LogP contribution is 2.35. The molecule has 236 valence electrons. The molecule has 0 aromatic heterocycles. The summed E-state index contributed by atoms with van der Waals surface area (Å²) < 4.78 is 34.9. The van der Waals surface area contributed by atoms with Gasteiger partial charge in [-0.1, -0.05) is 90.0 Å². The van der Waals surface area contributed by atoms with E-state index in [2.05, 4.69) is 5.32 Å². The third-order valence-electron chi connectivity index (χ3n) is 7.16. The van der Waals surface area contributed by atoms with Crippen LogP contribution in [0, 0.1) is 6.92 Å². The Labute approximate surface area is 270 Å². The van der Waals surface area contributed by atoms with Gasteiger partial charge < -0.3 is 15.0 Å². The van der Waals surface area contributed by atoms with E-state index in [-0.39, 0.29) is 46.3 Å². The van der Waals surface area contributed by atoms with E-state index >= 15 is 0 Å². The minimum Gasteiger partial charge on any atom is -0.495 e. The summed E-state index contributed by atoms with van der Waals surface area (Å²) in [5.41, 5.74) is 2.75. The van der Waals surface area contributed by atoms with Crippen LogP contribution in [0.15, 0.2) is 108 Å². The molecule has 0 bridgehead atoms. The zero-order valence-corrected chi connectivity index (χ0v) is 27.4. The quantitative estimate of drug-likeness (QED) is 0.192. The first kappa shape index (κ1) is 33.6. The summed E-state index contributed by atoms with van der Waals surface area (Å²) in [7, 11) is -2.87. The Morgan fingerprint density at radius 1 is 0.867 bits per heavy atom. The molecular weight excluding hydrogens is 610 g/mol. The second-order valence-electron chi connectivity index (χ2n) is 11.0. The van der Waals surface area contributed by atoms with Gasteiger partial charge in [0.25, 0.3) is 10.0 Å². The smallest absolute Gasteiger partial charge is 0.264 e. The molecule has 4 aromatic rings. The van der Waals surface area contributed by atoms with Crippen LogP contribution in [-0.4, -0.2) is 50.9 Å². The number of hydrogen-bond acceptors (Lipinski definition) is 5. The number of halogens is 1. The number of ether oxygens (including phenoxy) is 1. The molecular formula is C35H38ClN3O5S. The maximum Gasteiger partial charge on any atom is 0.264 e. The number of amides is 2. The van der Waals surface area contributed by atoms with Crippen LogP contribution in [0.1, 0.15) is 30.5 Å². The normalized spacial score (nSPS) is 12.0. The summed E-state index contributed by atoms with van der Waals surface area (Å²) in [6.45, 7) is 5.12. The van der Waals surface area contributed by atoms with Crippen molar-refractivity contribution in [3.8, 4) is 5.75 Å². The summed E-state index contributed by atoms with van der Waals surface area (Å²) in [6.07, 6.45) is 0.225. The fraction of sp³-hybridized carbons (Fsp3) is 0.257. The first-order chi connectivity index (χ1) is 21.5. The molecule has 0 spiro atoms. The van der Waals surface area contributed by atoms with Gasteiger partial charge in [0.05, 0.1) is 17.7 Å². The lowest BCUT2D eigenvalue weighted by atomic mass is 10.0. The van der Waals surface area contributed by atoms with E-state index in [0.717, 1.165) is 21.0 Å². The fourth-order valence-electron chi connectivity index (χ4n) is 5.03. The van der Waals surface area contributed by atoms with Crippen LogP contribution in [-0.2, 0) is 32.6 Å². The largest absolute Gasteiger partial charge is 0.495 e. The molecule has 8 nitrogen and oxygen atoms in total. The Balaban J connectivity index is 1.85. The van der Waals surface area contributed by atoms with E-state index in [4.69, 9.17) is 16.3 Å². The Bertz CT molecular complexity index is 1720. The molecule has 0 saturated heterocycles. The molecule has 0 unspecified atom stereocenters. The minimum atomic E-state index is -4.29. The van der Waals surface area contributed by atoms with Gasteiger partial charge in [0.1, 0.15) is 18.3 Å². The number of sulfonamides is 1. The second kappa shape index (κ2) is 15.1. The van der Waals surface area contributed by atoms with Crippen LogP contribution in [0.25, 0.3) is 0 Å². The van der Waals surface area contributed by atoms with Gasteiger partial charge in [-0.15, -0.1) is 0 Å². The Kier molecular flexibility index (Phi) is 11.3. The molecule has 4 rings (SSSR count). The molecule has 0 aliphatic rings. The molecule has 0 fully saturated rings. The summed E-state index contributed by atoms with van der Waals surface area (Å²) in [4.78, 5) is 29.8. The van der Waals surface area contributed by atoms with E-state index in [9.17, 15) is 18.0 Å². The van der Waals surface area contributed by atoms with Gasteiger partial charge in [0, 0.05) is 24.0 Å². The molecule has 4 aromatic carbocycles. The Hall–Kier alpha value is -4.34. The highest BCUT2D eigenvalue weighted by Gasteiger charge is 2.35. The van der Waals surface area contributed by atoms with Crippen molar-refractivity contribution >= 4 is 39.1 Å². The number of methoxy groups -OCH3 is 1. The lowest BCUT2D eigenvalue weighted by Gasteiger charge is -2.34. The van der Waals surface area contributed by atoms with Gasteiger partial charge in [-0.3, -0.25) is 13.9 Å². The molecule has 1 N–H and O–H groups in total. The van der Waals surface area contributed by atoms with Gasteiger partial charge in [0.2, 0.25) is 11.8 Å². The number of carbonyl (C=O) groups is 2. The number of nitrogens with zero attached hydrogens (tertiary/aromatic N) is 2. The van der Waals surface area contributed by atoms with Crippen molar-refractivity contribution in [1.29, 1.82) is 0 Å². The lowest BCUT2D eigenvalue weighted by molar-refractivity contribution is -0.140. The average molecular weight is 648 g/mol. The maximum absolute atomic E-state index is 14.6. The number of aryl methyl sites for hydroxylation is 1. The standard InChI is InChI=1S/C35H38ClN3O5S/c1-25(2)37-35(41)32(21-27-13-7-5-8-14-27)38(23-28-15-11-12-26(3)20-28)34(40)24-39(31-22-29(36)18-19-33(31)44-4)45(42,43)30-16-9-6-10-17-30/h5-20,22,25,32H,21,23-24H2,1-4H3,(H,37,41)/t32-/m0/s1. The van der Waals surface area contributed by atoms with Crippen LogP contribution in [0.5, 0.6) is 5.75 Å². The van der Waals surface area contributed by atoms with Gasteiger partial charge in [-0.2, -0.15) is 0 Å². The summed E-state index contributed by atoms with van der Waals surface area (Å²) in [5.74, 6) is -0.694. The number of rotatable bonds is 13. The molecule has 0 aliphatic carbocycles. The van der Waals surface area contributed by atoms with Gasteiger partial charge in [0.15, 0.2) is 0 Å². The highest BCUT2D eigenvalue weighted by molar-refractivity contribution is 7.92. The molecule has 0 heterocycles. The Morgan fingerprint density at radius 3 is 2.13 bits per heavy atom. The predicted octanol–water partition coefficient (Wildman–Crippen LogP) is 6.02. The third-order valence-corrected chi connectivity index (χ3v) is 9.17. The molecule has 0 radical (unpaired) electrons. The number of nitrogens with one attached hydrogen (secondary N) is 1. The molecule has 45 heavy (non-hydrogen) atoms. The van der Waals surface area contributed by atoms with E-state index in [1.807, 2.05) is 75.4 Å². The summed E-state index contributed by atoms with van der Waals surface area (Å²) in [5, 5.41) is 3.23. The van der Waals surface area contributed by atoms with Crippen molar-refractivity contribution in [2.24, 2.45) is 0 Å². The predicted molar refractivity (Wildman–Crippen MR) is 178 cm³/mol. The van der Waals surface area contributed by atoms with Crippen molar-refractivity contribution in [2.75, 3.05) is 18.0 Å². The third kappa shape index (κ3) is 8.65. The molecule has 0 aliphatic heterocycles. The topological polar surface area (TPSA) is 96.0 Å².